The second-order valence-corrected chi connectivity index (χ2v) is 9.18. The molecule has 31 heavy (non-hydrogen) atoms. The number of rotatable bonds is 6. The molecule has 0 amide bonds. The van der Waals surface area contributed by atoms with Crippen LogP contribution in [0.2, 0.25) is 0 Å². The van der Waals surface area contributed by atoms with Crippen molar-refractivity contribution in [1.82, 2.24) is 0 Å². The van der Waals surface area contributed by atoms with Gasteiger partial charge in [0.05, 0.1) is 23.1 Å². The van der Waals surface area contributed by atoms with Crippen LogP contribution in [0.1, 0.15) is 68.0 Å². The summed E-state index contributed by atoms with van der Waals surface area (Å²) < 4.78 is 6.14. The minimum atomic E-state index is -0.271. The number of hydrogen-bond acceptors (Lipinski definition) is 4. The molecule has 0 saturated heterocycles. The fourth-order valence-electron chi connectivity index (χ4n) is 5.71. The van der Waals surface area contributed by atoms with Crippen molar-refractivity contribution in [3.63, 3.8) is 0 Å². The van der Waals surface area contributed by atoms with Crippen LogP contribution in [-0.2, 0) is 0 Å². The van der Waals surface area contributed by atoms with Gasteiger partial charge in [0, 0.05) is 17.7 Å². The summed E-state index contributed by atoms with van der Waals surface area (Å²) in [6, 6.07) is 13.3. The van der Waals surface area contributed by atoms with Gasteiger partial charge in [-0.25, -0.2) is 0 Å². The van der Waals surface area contributed by atoms with Crippen LogP contribution >= 0.6 is 0 Å². The minimum Gasteiger partial charge on any atom is -0.494 e. The Kier molecular flexibility index (Phi) is 5.66. The van der Waals surface area contributed by atoms with Gasteiger partial charge in [0.25, 0.3) is 5.69 Å². The molecule has 2 aromatic rings. The lowest BCUT2D eigenvalue weighted by atomic mass is 9.76. The third-order valence-corrected chi connectivity index (χ3v) is 7.32. The van der Waals surface area contributed by atoms with Crippen molar-refractivity contribution < 1.29 is 9.66 Å². The maximum absolute atomic E-state index is 11.6. The molecule has 3 aliphatic rings. The molecule has 162 valence electrons. The van der Waals surface area contributed by atoms with Gasteiger partial charge in [0.15, 0.2) is 0 Å². The third kappa shape index (κ3) is 4.06. The molecule has 1 aliphatic heterocycles. The van der Waals surface area contributed by atoms with E-state index in [0.29, 0.717) is 0 Å². The SMILES string of the molecule is O=[N+]([O-])c1ccccc1C1Nc2ccc(OCCC3CCCCC3)cc2C2C=CCC21. The van der Waals surface area contributed by atoms with Crippen molar-refractivity contribution in [3.05, 3.63) is 75.9 Å². The van der Waals surface area contributed by atoms with Gasteiger partial charge in [-0.3, -0.25) is 10.1 Å². The van der Waals surface area contributed by atoms with Crippen LogP contribution in [0.4, 0.5) is 11.4 Å². The number of benzene rings is 2. The number of allylic oxidation sites excluding steroid dienone is 2. The quantitative estimate of drug-likeness (QED) is 0.319. The van der Waals surface area contributed by atoms with Gasteiger partial charge in [0.2, 0.25) is 0 Å². The second-order valence-electron chi connectivity index (χ2n) is 9.18. The van der Waals surface area contributed by atoms with Crippen molar-refractivity contribution >= 4 is 11.4 Å². The highest BCUT2D eigenvalue weighted by atomic mass is 16.6. The molecule has 0 bridgehead atoms. The predicted octanol–water partition coefficient (Wildman–Crippen LogP) is 6.77. The van der Waals surface area contributed by atoms with Gasteiger partial charge in [-0.2, -0.15) is 0 Å². The fraction of sp³-hybridized carbons (Fsp3) is 0.462. The third-order valence-electron chi connectivity index (χ3n) is 7.32. The number of hydrogen-bond donors (Lipinski definition) is 1. The van der Waals surface area contributed by atoms with Crippen molar-refractivity contribution in [3.8, 4) is 5.75 Å². The first-order valence-corrected chi connectivity index (χ1v) is 11.6. The zero-order valence-corrected chi connectivity index (χ0v) is 17.8. The highest BCUT2D eigenvalue weighted by Gasteiger charge is 2.40. The van der Waals surface area contributed by atoms with Gasteiger partial charge >= 0.3 is 0 Å². The Bertz CT molecular complexity index is 980. The van der Waals surface area contributed by atoms with E-state index in [0.717, 1.165) is 42.4 Å². The van der Waals surface area contributed by atoms with Crippen LogP contribution in [0.5, 0.6) is 5.75 Å². The second kappa shape index (κ2) is 8.74. The fourth-order valence-corrected chi connectivity index (χ4v) is 5.71. The number of anilines is 1. The van der Waals surface area contributed by atoms with E-state index in [1.165, 1.54) is 37.7 Å². The molecule has 2 aromatic carbocycles. The monoisotopic (exact) mass is 418 g/mol. The van der Waals surface area contributed by atoms with Crippen molar-refractivity contribution in [2.24, 2.45) is 11.8 Å². The highest BCUT2D eigenvalue weighted by Crippen LogP contribution is 2.51. The van der Waals surface area contributed by atoms with E-state index in [2.05, 4.69) is 29.6 Å². The van der Waals surface area contributed by atoms with Gasteiger partial charge < -0.3 is 10.1 Å². The lowest BCUT2D eigenvalue weighted by molar-refractivity contribution is -0.385. The van der Waals surface area contributed by atoms with E-state index < -0.39 is 0 Å². The van der Waals surface area contributed by atoms with Gasteiger partial charge in [-0.1, -0.05) is 62.5 Å². The summed E-state index contributed by atoms with van der Waals surface area (Å²) >= 11 is 0. The molecule has 3 unspecified atom stereocenters. The maximum Gasteiger partial charge on any atom is 0.274 e. The number of ether oxygens (including phenoxy) is 1. The Morgan fingerprint density at radius 1 is 1.06 bits per heavy atom. The van der Waals surface area contributed by atoms with E-state index in [9.17, 15) is 10.1 Å². The van der Waals surface area contributed by atoms with E-state index >= 15 is 0 Å². The van der Waals surface area contributed by atoms with E-state index in [4.69, 9.17) is 4.74 Å². The molecule has 1 N–H and O–H groups in total. The van der Waals surface area contributed by atoms with E-state index in [1.54, 1.807) is 12.1 Å². The first-order valence-electron chi connectivity index (χ1n) is 11.6. The highest BCUT2D eigenvalue weighted by molar-refractivity contribution is 5.63. The lowest BCUT2D eigenvalue weighted by Crippen LogP contribution is -2.29. The molecule has 0 spiro atoms. The molecule has 0 radical (unpaired) electrons. The van der Waals surface area contributed by atoms with Crippen molar-refractivity contribution in [2.45, 2.75) is 56.9 Å². The topological polar surface area (TPSA) is 64.4 Å². The predicted molar refractivity (Wildman–Crippen MR) is 123 cm³/mol. The van der Waals surface area contributed by atoms with E-state index in [-0.39, 0.29) is 28.5 Å². The van der Waals surface area contributed by atoms with Gasteiger partial charge in [-0.05, 0) is 48.4 Å². The molecule has 5 nitrogen and oxygen atoms in total. The Balaban J connectivity index is 1.35. The summed E-state index contributed by atoms with van der Waals surface area (Å²) in [5.74, 6) is 2.27. The Morgan fingerprint density at radius 3 is 2.74 bits per heavy atom. The Morgan fingerprint density at radius 2 is 1.90 bits per heavy atom. The molecule has 2 aliphatic carbocycles. The van der Waals surface area contributed by atoms with Crippen LogP contribution in [0.15, 0.2) is 54.6 Å². The molecule has 5 rings (SSSR count). The summed E-state index contributed by atoms with van der Waals surface area (Å²) in [6.45, 7) is 0.777. The average molecular weight is 419 g/mol. The van der Waals surface area contributed by atoms with Crippen molar-refractivity contribution in [1.29, 1.82) is 0 Å². The van der Waals surface area contributed by atoms with Crippen LogP contribution in [0, 0.1) is 22.0 Å². The smallest absolute Gasteiger partial charge is 0.274 e. The zero-order chi connectivity index (χ0) is 21.2. The molecule has 1 fully saturated rings. The molecule has 3 atom stereocenters. The molecular weight excluding hydrogens is 388 g/mol. The van der Waals surface area contributed by atoms with Crippen LogP contribution in [0.3, 0.4) is 0 Å². The molecule has 1 heterocycles. The summed E-state index contributed by atoms with van der Waals surface area (Å²) in [4.78, 5) is 11.3. The number of nitrogens with zero attached hydrogens (tertiary/aromatic N) is 1. The maximum atomic E-state index is 11.6. The normalized spacial score (nSPS) is 24.8. The molecule has 1 saturated carbocycles. The summed E-state index contributed by atoms with van der Waals surface area (Å²) in [7, 11) is 0. The first-order chi connectivity index (χ1) is 15.2. The van der Waals surface area contributed by atoms with Crippen molar-refractivity contribution in [2.75, 3.05) is 11.9 Å². The first kappa shape index (κ1) is 20.1. The Hall–Kier alpha value is -2.82. The molecular formula is C26H30N2O3. The summed E-state index contributed by atoms with van der Waals surface area (Å²) in [6.07, 6.45) is 13.3. The number of fused-ring (bicyclic) bond motifs is 3. The van der Waals surface area contributed by atoms with Crippen LogP contribution in [0.25, 0.3) is 0 Å². The lowest BCUT2D eigenvalue weighted by Gasteiger charge is -2.37. The van der Waals surface area contributed by atoms with Gasteiger partial charge in [-0.15, -0.1) is 0 Å². The summed E-state index contributed by atoms with van der Waals surface area (Å²) in [5.41, 5.74) is 3.25. The van der Waals surface area contributed by atoms with Crippen LogP contribution < -0.4 is 10.1 Å². The number of nitro groups is 1. The Labute approximate surface area is 183 Å². The molecule has 5 heteroatoms. The standard InChI is InChI=1S/C26H30N2O3/c29-28(30)25-12-5-4-9-22(25)26-21-11-6-10-20(21)23-17-19(13-14-24(23)27-26)31-16-15-18-7-2-1-3-8-18/h4-6,9-10,12-14,17-18,20-21,26-27H,1-3,7-8,11,15-16H2. The van der Waals surface area contributed by atoms with E-state index in [1.807, 2.05) is 18.2 Å². The average Bonchev–Trinajstić information content (AvgIpc) is 3.30. The number of para-hydroxylation sites is 1. The summed E-state index contributed by atoms with van der Waals surface area (Å²) in [5, 5.41) is 15.2. The molecule has 0 aromatic heterocycles. The number of nitro benzene ring substituents is 1. The zero-order valence-electron chi connectivity index (χ0n) is 17.8. The number of nitrogens with one attached hydrogen (secondary N) is 1. The largest absolute Gasteiger partial charge is 0.494 e. The van der Waals surface area contributed by atoms with Gasteiger partial charge in [0.1, 0.15) is 5.75 Å². The van der Waals surface area contributed by atoms with Crippen LogP contribution in [-0.4, -0.2) is 11.5 Å². The minimum absolute atomic E-state index is 0.0767.